The van der Waals surface area contributed by atoms with E-state index in [0.29, 0.717) is 5.33 Å². The summed E-state index contributed by atoms with van der Waals surface area (Å²) in [5.41, 5.74) is 0.814. The van der Waals surface area contributed by atoms with Crippen LogP contribution in [0.15, 0.2) is 42.5 Å². The van der Waals surface area contributed by atoms with Crippen molar-refractivity contribution in [2.75, 3.05) is 0 Å². The van der Waals surface area contributed by atoms with Crippen LogP contribution in [0.25, 0.3) is 0 Å². The lowest BCUT2D eigenvalue weighted by molar-refractivity contribution is 0.438. The van der Waals surface area contributed by atoms with E-state index < -0.39 is 11.6 Å². The van der Waals surface area contributed by atoms with Crippen molar-refractivity contribution in [1.29, 1.82) is 0 Å². The van der Waals surface area contributed by atoms with E-state index >= 15 is 0 Å². The van der Waals surface area contributed by atoms with Crippen molar-refractivity contribution in [3.05, 3.63) is 59.7 Å². The number of ether oxygens (including phenoxy) is 1. The highest BCUT2D eigenvalue weighted by atomic mass is 79.9. The highest BCUT2D eigenvalue weighted by molar-refractivity contribution is 9.08. The molecule has 0 heterocycles. The van der Waals surface area contributed by atoms with E-state index in [0.717, 1.165) is 5.56 Å². The minimum Gasteiger partial charge on any atom is -0.454 e. The zero-order valence-corrected chi connectivity index (χ0v) is 10.4. The van der Waals surface area contributed by atoms with Crippen LogP contribution in [0.5, 0.6) is 11.5 Å². The number of benzene rings is 2. The second-order valence-corrected chi connectivity index (χ2v) is 4.02. The Morgan fingerprint density at radius 3 is 2.53 bits per heavy atom. The Bertz CT molecular complexity index is 529. The molecule has 0 fully saturated rings. The van der Waals surface area contributed by atoms with Gasteiger partial charge in [0.1, 0.15) is 11.6 Å². The van der Waals surface area contributed by atoms with Gasteiger partial charge < -0.3 is 4.74 Å². The number of halogens is 3. The van der Waals surface area contributed by atoms with Gasteiger partial charge in [-0.1, -0.05) is 28.1 Å². The van der Waals surface area contributed by atoms with Crippen LogP contribution in [-0.4, -0.2) is 0 Å². The molecule has 0 N–H and O–H groups in total. The third kappa shape index (κ3) is 3.03. The molecule has 0 spiro atoms. The van der Waals surface area contributed by atoms with E-state index in [2.05, 4.69) is 15.9 Å². The Labute approximate surface area is 106 Å². The van der Waals surface area contributed by atoms with Crippen molar-refractivity contribution in [2.24, 2.45) is 0 Å². The Hall–Kier alpha value is -1.42. The third-order valence-electron chi connectivity index (χ3n) is 2.17. The summed E-state index contributed by atoms with van der Waals surface area (Å²) in [4.78, 5) is 0. The van der Waals surface area contributed by atoms with Crippen LogP contribution in [0.1, 0.15) is 5.56 Å². The van der Waals surface area contributed by atoms with Gasteiger partial charge in [-0.2, -0.15) is 0 Å². The predicted molar refractivity (Wildman–Crippen MR) is 65.5 cm³/mol. The van der Waals surface area contributed by atoms with E-state index in [1.165, 1.54) is 30.3 Å². The Kier molecular flexibility index (Phi) is 3.74. The molecule has 1 nitrogen and oxygen atoms in total. The molecule has 88 valence electrons. The van der Waals surface area contributed by atoms with Crippen LogP contribution in [0.3, 0.4) is 0 Å². The summed E-state index contributed by atoms with van der Waals surface area (Å²) in [5.74, 6) is -0.526. The van der Waals surface area contributed by atoms with Crippen molar-refractivity contribution in [2.45, 2.75) is 5.33 Å². The zero-order valence-electron chi connectivity index (χ0n) is 8.79. The van der Waals surface area contributed by atoms with E-state index in [1.54, 1.807) is 12.1 Å². The van der Waals surface area contributed by atoms with Gasteiger partial charge in [0.2, 0.25) is 0 Å². The molecule has 2 aromatic carbocycles. The summed E-state index contributed by atoms with van der Waals surface area (Å²) in [5, 5.41) is 0.574. The van der Waals surface area contributed by atoms with Crippen LogP contribution >= 0.6 is 15.9 Å². The standard InChI is InChI=1S/C13H9BrF2O/c14-8-9-4-5-13(12(16)6-9)17-11-3-1-2-10(15)7-11/h1-7H,8H2. The van der Waals surface area contributed by atoms with E-state index in [-0.39, 0.29) is 11.5 Å². The molecule has 0 saturated heterocycles. The Balaban J connectivity index is 2.24. The second-order valence-electron chi connectivity index (χ2n) is 3.46. The van der Waals surface area contributed by atoms with Gasteiger partial charge in [0.05, 0.1) is 0 Å². The summed E-state index contributed by atoms with van der Waals surface area (Å²) >= 11 is 3.24. The maximum absolute atomic E-state index is 13.6. The van der Waals surface area contributed by atoms with Crippen molar-refractivity contribution < 1.29 is 13.5 Å². The van der Waals surface area contributed by atoms with Gasteiger partial charge in [0, 0.05) is 11.4 Å². The lowest BCUT2D eigenvalue weighted by atomic mass is 10.2. The van der Waals surface area contributed by atoms with Gasteiger partial charge in [-0.25, -0.2) is 8.78 Å². The summed E-state index contributed by atoms with van der Waals surface area (Å²) < 4.78 is 31.8. The van der Waals surface area contributed by atoms with Crippen molar-refractivity contribution >= 4 is 15.9 Å². The SMILES string of the molecule is Fc1cccc(Oc2ccc(CBr)cc2F)c1. The minimum absolute atomic E-state index is 0.0836. The van der Waals surface area contributed by atoms with Crippen LogP contribution in [0.2, 0.25) is 0 Å². The molecular weight excluding hydrogens is 290 g/mol. The molecule has 0 atom stereocenters. The van der Waals surface area contributed by atoms with Crippen LogP contribution in [0, 0.1) is 11.6 Å². The molecule has 0 aliphatic rings. The fraction of sp³-hybridized carbons (Fsp3) is 0.0769. The molecule has 4 heteroatoms. The van der Waals surface area contributed by atoms with Gasteiger partial charge in [-0.3, -0.25) is 0 Å². The topological polar surface area (TPSA) is 9.23 Å². The summed E-state index contributed by atoms with van der Waals surface area (Å²) in [7, 11) is 0. The maximum atomic E-state index is 13.6. The van der Waals surface area contributed by atoms with E-state index in [4.69, 9.17) is 4.74 Å². The molecule has 17 heavy (non-hydrogen) atoms. The first kappa shape index (κ1) is 12.0. The molecule has 0 radical (unpaired) electrons. The van der Waals surface area contributed by atoms with Gasteiger partial charge in [-0.15, -0.1) is 0 Å². The first-order valence-electron chi connectivity index (χ1n) is 4.97. The molecule has 0 bridgehead atoms. The normalized spacial score (nSPS) is 10.3. The highest BCUT2D eigenvalue weighted by Gasteiger charge is 2.06. The van der Waals surface area contributed by atoms with Gasteiger partial charge >= 0.3 is 0 Å². The molecule has 0 unspecified atom stereocenters. The van der Waals surface area contributed by atoms with Crippen molar-refractivity contribution in [3.8, 4) is 11.5 Å². The largest absolute Gasteiger partial charge is 0.454 e. The number of rotatable bonds is 3. The lowest BCUT2D eigenvalue weighted by Gasteiger charge is -2.07. The predicted octanol–water partition coefficient (Wildman–Crippen LogP) is 4.65. The van der Waals surface area contributed by atoms with Crippen molar-refractivity contribution in [3.63, 3.8) is 0 Å². The lowest BCUT2D eigenvalue weighted by Crippen LogP contribution is -1.90. The van der Waals surface area contributed by atoms with E-state index in [9.17, 15) is 8.78 Å². The van der Waals surface area contributed by atoms with Crippen LogP contribution in [-0.2, 0) is 5.33 Å². The first-order chi connectivity index (χ1) is 8.19. The van der Waals surface area contributed by atoms with Crippen LogP contribution < -0.4 is 4.74 Å². The number of hydrogen-bond acceptors (Lipinski definition) is 1. The van der Waals surface area contributed by atoms with Gasteiger partial charge in [0.15, 0.2) is 11.6 Å². The van der Waals surface area contributed by atoms with E-state index in [1.807, 2.05) is 0 Å². The third-order valence-corrected chi connectivity index (χ3v) is 2.82. The minimum atomic E-state index is -0.466. The summed E-state index contributed by atoms with van der Waals surface area (Å²) in [6, 6.07) is 10.2. The summed E-state index contributed by atoms with van der Waals surface area (Å²) in [6.07, 6.45) is 0. The molecule has 0 aromatic heterocycles. The average molecular weight is 299 g/mol. The molecule has 0 aliphatic carbocycles. The zero-order chi connectivity index (χ0) is 12.3. The monoisotopic (exact) mass is 298 g/mol. The maximum Gasteiger partial charge on any atom is 0.166 e. The number of alkyl halides is 1. The first-order valence-corrected chi connectivity index (χ1v) is 6.09. The molecule has 0 saturated carbocycles. The van der Waals surface area contributed by atoms with Crippen molar-refractivity contribution in [1.82, 2.24) is 0 Å². The fourth-order valence-electron chi connectivity index (χ4n) is 1.37. The second kappa shape index (κ2) is 5.27. The molecule has 2 aromatic rings. The Morgan fingerprint density at radius 1 is 1.06 bits per heavy atom. The Morgan fingerprint density at radius 2 is 1.88 bits per heavy atom. The van der Waals surface area contributed by atoms with Crippen LogP contribution in [0.4, 0.5) is 8.78 Å². The molecule has 0 amide bonds. The highest BCUT2D eigenvalue weighted by Crippen LogP contribution is 2.26. The number of hydrogen-bond donors (Lipinski definition) is 0. The fourth-order valence-corrected chi connectivity index (χ4v) is 1.72. The molecule has 2 rings (SSSR count). The average Bonchev–Trinajstić information content (AvgIpc) is 2.32. The quantitative estimate of drug-likeness (QED) is 0.749. The van der Waals surface area contributed by atoms with Gasteiger partial charge in [0.25, 0.3) is 0 Å². The smallest absolute Gasteiger partial charge is 0.166 e. The molecule has 0 aliphatic heterocycles. The molecular formula is C13H9BrF2O. The van der Waals surface area contributed by atoms with Gasteiger partial charge in [-0.05, 0) is 29.8 Å². The summed E-state index contributed by atoms with van der Waals surface area (Å²) in [6.45, 7) is 0.